The molecule has 32 heavy (non-hydrogen) atoms. The number of amides is 1. The number of nitrogens with one attached hydrogen (secondary N) is 1. The lowest BCUT2D eigenvalue weighted by atomic mass is 10.0. The first-order valence-corrected chi connectivity index (χ1v) is 11.5. The Bertz CT molecular complexity index is 1090. The number of ether oxygens (including phenoxy) is 2. The van der Waals surface area contributed by atoms with Gasteiger partial charge in [0, 0.05) is 56.7 Å². The molecular weight excluding hydrogens is 402 g/mol. The fraction of sp³-hybridized carbons (Fsp3) is 0.385. The Morgan fingerprint density at radius 1 is 1.09 bits per heavy atom. The van der Waals surface area contributed by atoms with Crippen LogP contribution in [0.4, 0.5) is 5.69 Å². The van der Waals surface area contributed by atoms with Gasteiger partial charge >= 0.3 is 0 Å². The maximum Gasteiger partial charge on any atom is 0.251 e. The summed E-state index contributed by atoms with van der Waals surface area (Å²) >= 11 is 0. The molecule has 3 heterocycles. The molecule has 0 radical (unpaired) electrons. The number of aromatic nitrogens is 1. The Morgan fingerprint density at radius 2 is 1.88 bits per heavy atom. The highest BCUT2D eigenvalue weighted by Crippen LogP contribution is 2.34. The number of pyridine rings is 1. The Kier molecular flexibility index (Phi) is 5.95. The summed E-state index contributed by atoms with van der Waals surface area (Å²) in [6, 6.07) is 16.4. The minimum atomic E-state index is -0.230. The number of carbonyl (C=O) groups is 1. The molecular formula is C26H29N3O3. The molecule has 2 aliphatic heterocycles. The first-order chi connectivity index (χ1) is 15.7. The molecule has 5 rings (SSSR count). The van der Waals surface area contributed by atoms with Crippen molar-refractivity contribution in [1.82, 2.24) is 9.88 Å². The van der Waals surface area contributed by atoms with E-state index in [1.165, 1.54) is 0 Å². The smallest absolute Gasteiger partial charge is 0.251 e. The van der Waals surface area contributed by atoms with E-state index in [1.54, 1.807) is 0 Å². The van der Waals surface area contributed by atoms with E-state index in [0.717, 1.165) is 72.2 Å². The molecule has 2 fully saturated rings. The molecule has 2 aromatic carbocycles. The van der Waals surface area contributed by atoms with Crippen LogP contribution in [0.25, 0.3) is 22.0 Å². The Labute approximate surface area is 188 Å². The first-order valence-electron chi connectivity index (χ1n) is 11.5. The van der Waals surface area contributed by atoms with Crippen molar-refractivity contribution in [2.45, 2.75) is 37.9 Å². The van der Waals surface area contributed by atoms with Gasteiger partial charge in [-0.15, -0.1) is 0 Å². The molecule has 1 atom stereocenters. The monoisotopic (exact) mass is 431 g/mol. The van der Waals surface area contributed by atoms with Crippen LogP contribution < -0.4 is 10.1 Å². The van der Waals surface area contributed by atoms with Crippen molar-refractivity contribution in [3.63, 3.8) is 0 Å². The molecule has 0 aliphatic carbocycles. The molecule has 6 nitrogen and oxygen atoms in total. The van der Waals surface area contributed by atoms with Gasteiger partial charge < -0.3 is 19.7 Å². The van der Waals surface area contributed by atoms with E-state index < -0.39 is 0 Å². The molecule has 1 N–H and O–H groups in total. The van der Waals surface area contributed by atoms with Gasteiger partial charge in [0.15, 0.2) is 0 Å². The lowest BCUT2D eigenvalue weighted by Crippen LogP contribution is -2.45. The van der Waals surface area contributed by atoms with E-state index in [0.29, 0.717) is 6.61 Å². The lowest BCUT2D eigenvalue weighted by Gasteiger charge is -2.33. The zero-order valence-electron chi connectivity index (χ0n) is 18.4. The topological polar surface area (TPSA) is 63.7 Å². The highest BCUT2D eigenvalue weighted by Gasteiger charge is 2.31. The second-order valence-corrected chi connectivity index (χ2v) is 8.48. The Balaban J connectivity index is 1.23. The number of carbonyl (C=O) groups excluding carboxylic acids is 1. The largest absolute Gasteiger partial charge is 0.490 e. The van der Waals surface area contributed by atoms with E-state index in [-0.39, 0.29) is 18.1 Å². The molecule has 0 bridgehead atoms. The van der Waals surface area contributed by atoms with Crippen molar-refractivity contribution in [2.24, 2.45) is 0 Å². The van der Waals surface area contributed by atoms with Gasteiger partial charge in [0.1, 0.15) is 18.0 Å². The van der Waals surface area contributed by atoms with E-state index in [9.17, 15) is 4.79 Å². The van der Waals surface area contributed by atoms with Gasteiger partial charge in [0.05, 0.1) is 11.2 Å². The summed E-state index contributed by atoms with van der Waals surface area (Å²) in [5.41, 5.74) is 4.22. The summed E-state index contributed by atoms with van der Waals surface area (Å²) in [6.07, 6.45) is 5.35. The molecule has 2 aliphatic rings. The normalized spacial score (nSPS) is 19.3. The SMILES string of the molecule is CNc1c(-c2ccc(OC3CCN(C(=O)C4CCCO4)CC3)cc2)cnc2ccccc12. The number of anilines is 1. The third kappa shape index (κ3) is 4.15. The summed E-state index contributed by atoms with van der Waals surface area (Å²) in [7, 11) is 1.94. The molecule has 2 saturated heterocycles. The average molecular weight is 432 g/mol. The number of nitrogens with zero attached hydrogens (tertiary/aromatic N) is 2. The van der Waals surface area contributed by atoms with Gasteiger partial charge in [-0.2, -0.15) is 0 Å². The number of likely N-dealkylation sites (tertiary alicyclic amines) is 1. The maximum absolute atomic E-state index is 12.5. The minimum absolute atomic E-state index is 0.129. The summed E-state index contributed by atoms with van der Waals surface area (Å²) in [5.74, 6) is 1.01. The summed E-state index contributed by atoms with van der Waals surface area (Å²) < 4.78 is 11.8. The summed E-state index contributed by atoms with van der Waals surface area (Å²) in [4.78, 5) is 19.1. The summed E-state index contributed by atoms with van der Waals surface area (Å²) in [5, 5.41) is 4.45. The van der Waals surface area contributed by atoms with Crippen LogP contribution in [-0.2, 0) is 9.53 Å². The predicted molar refractivity (Wildman–Crippen MR) is 126 cm³/mol. The molecule has 1 unspecified atom stereocenters. The van der Waals surface area contributed by atoms with Crippen LogP contribution in [0, 0.1) is 0 Å². The van der Waals surface area contributed by atoms with Crippen molar-refractivity contribution in [3.8, 4) is 16.9 Å². The van der Waals surface area contributed by atoms with Crippen LogP contribution in [0.1, 0.15) is 25.7 Å². The van der Waals surface area contributed by atoms with E-state index in [1.807, 2.05) is 48.5 Å². The first kappa shape index (κ1) is 20.8. The highest BCUT2D eigenvalue weighted by molar-refractivity contribution is 5.99. The zero-order valence-corrected chi connectivity index (χ0v) is 18.4. The molecule has 6 heteroatoms. The number of fused-ring (bicyclic) bond motifs is 1. The number of piperidine rings is 1. The molecule has 1 aromatic heterocycles. The predicted octanol–water partition coefficient (Wildman–Crippen LogP) is 4.49. The fourth-order valence-electron chi connectivity index (χ4n) is 4.71. The van der Waals surface area contributed by atoms with Crippen LogP contribution in [0.15, 0.2) is 54.7 Å². The second-order valence-electron chi connectivity index (χ2n) is 8.48. The summed E-state index contributed by atoms with van der Waals surface area (Å²) in [6.45, 7) is 2.17. The molecule has 3 aromatic rings. The number of hydrogen-bond donors (Lipinski definition) is 1. The van der Waals surface area contributed by atoms with Gasteiger partial charge in [-0.05, 0) is 36.6 Å². The van der Waals surface area contributed by atoms with Crippen LogP contribution >= 0.6 is 0 Å². The number of rotatable bonds is 5. The Morgan fingerprint density at radius 3 is 2.59 bits per heavy atom. The van der Waals surface area contributed by atoms with Crippen LogP contribution in [0.5, 0.6) is 5.75 Å². The third-order valence-electron chi connectivity index (χ3n) is 6.45. The Hall–Kier alpha value is -3.12. The van der Waals surface area contributed by atoms with Crippen LogP contribution in [0.2, 0.25) is 0 Å². The number of benzene rings is 2. The molecule has 0 saturated carbocycles. The van der Waals surface area contributed by atoms with Gasteiger partial charge in [-0.3, -0.25) is 9.78 Å². The highest BCUT2D eigenvalue weighted by atomic mass is 16.5. The van der Waals surface area contributed by atoms with Gasteiger partial charge in [-0.1, -0.05) is 30.3 Å². The minimum Gasteiger partial charge on any atom is -0.490 e. The van der Waals surface area contributed by atoms with Gasteiger partial charge in [-0.25, -0.2) is 0 Å². The number of hydrogen-bond acceptors (Lipinski definition) is 5. The molecule has 166 valence electrons. The van der Waals surface area contributed by atoms with Gasteiger partial charge in [0.25, 0.3) is 5.91 Å². The van der Waals surface area contributed by atoms with Gasteiger partial charge in [0.2, 0.25) is 0 Å². The van der Waals surface area contributed by atoms with Crippen molar-refractivity contribution in [1.29, 1.82) is 0 Å². The van der Waals surface area contributed by atoms with Crippen LogP contribution in [-0.4, -0.2) is 54.7 Å². The van der Waals surface area contributed by atoms with E-state index >= 15 is 0 Å². The van der Waals surface area contributed by atoms with Crippen molar-refractivity contribution >= 4 is 22.5 Å². The van der Waals surface area contributed by atoms with Crippen molar-refractivity contribution < 1.29 is 14.3 Å². The average Bonchev–Trinajstić information content (AvgIpc) is 3.39. The van der Waals surface area contributed by atoms with Crippen molar-refractivity contribution in [3.05, 3.63) is 54.7 Å². The third-order valence-corrected chi connectivity index (χ3v) is 6.45. The molecule has 0 spiro atoms. The molecule has 1 amide bonds. The fourth-order valence-corrected chi connectivity index (χ4v) is 4.71. The van der Waals surface area contributed by atoms with Crippen molar-refractivity contribution in [2.75, 3.05) is 32.1 Å². The number of para-hydroxylation sites is 1. The van der Waals surface area contributed by atoms with E-state index in [4.69, 9.17) is 9.47 Å². The second kappa shape index (κ2) is 9.17. The standard InChI is InChI=1S/C26H29N3O3/c1-27-25-21-5-2-3-6-23(21)28-17-22(25)18-8-10-19(11-9-18)32-20-12-14-29(15-13-20)26(30)24-7-4-16-31-24/h2-3,5-6,8-11,17,20,24H,4,7,12-16H2,1H3,(H,27,28). The lowest BCUT2D eigenvalue weighted by molar-refractivity contribution is -0.142. The quantitative estimate of drug-likeness (QED) is 0.645. The maximum atomic E-state index is 12.5. The van der Waals surface area contributed by atoms with Crippen LogP contribution in [0.3, 0.4) is 0 Å². The van der Waals surface area contributed by atoms with E-state index in [2.05, 4.69) is 28.5 Å². The zero-order chi connectivity index (χ0) is 21.9.